The van der Waals surface area contributed by atoms with Gasteiger partial charge in [0.1, 0.15) is 12.4 Å². The number of rotatable bonds is 5. The number of nitrogens with one attached hydrogen (secondary N) is 1. The molecule has 2 aromatic carbocycles. The fourth-order valence-corrected chi connectivity index (χ4v) is 3.41. The van der Waals surface area contributed by atoms with Gasteiger partial charge in [0.15, 0.2) is 0 Å². The molecule has 1 amide bonds. The van der Waals surface area contributed by atoms with Crippen LogP contribution in [0.4, 0.5) is 0 Å². The van der Waals surface area contributed by atoms with Crippen LogP contribution in [0.15, 0.2) is 48.5 Å². The lowest BCUT2D eigenvalue weighted by atomic mass is 10.1. The molecule has 1 aliphatic heterocycles. The number of carbonyl (C=O) groups is 1. The molecule has 0 bridgehead atoms. The number of carbonyl (C=O) groups excluding carboxylic acids is 1. The molecule has 0 atom stereocenters. The molecule has 26 heavy (non-hydrogen) atoms. The lowest BCUT2D eigenvalue weighted by Crippen LogP contribution is -2.36. The van der Waals surface area contributed by atoms with Crippen LogP contribution in [0.25, 0.3) is 10.9 Å². The maximum Gasteiger partial charge on any atom is 0.228 e. The fourth-order valence-electron chi connectivity index (χ4n) is 3.41. The summed E-state index contributed by atoms with van der Waals surface area (Å²) in [6.07, 6.45) is 3.79. The van der Waals surface area contributed by atoms with Crippen molar-refractivity contribution in [3.05, 3.63) is 59.8 Å². The highest BCUT2D eigenvalue weighted by Crippen LogP contribution is 2.24. The maximum absolute atomic E-state index is 12.6. The van der Waals surface area contributed by atoms with Crippen molar-refractivity contribution in [1.29, 1.82) is 0 Å². The van der Waals surface area contributed by atoms with Crippen molar-refractivity contribution in [3.63, 3.8) is 0 Å². The highest BCUT2D eigenvalue weighted by molar-refractivity contribution is 5.88. The molecule has 1 N–H and O–H groups in total. The van der Waals surface area contributed by atoms with Gasteiger partial charge in [-0.05, 0) is 43.0 Å². The zero-order chi connectivity index (χ0) is 17.8. The molecule has 2 heterocycles. The van der Waals surface area contributed by atoms with Gasteiger partial charge in [0, 0.05) is 18.5 Å². The van der Waals surface area contributed by atoms with Gasteiger partial charge in [-0.1, -0.05) is 30.3 Å². The molecule has 1 aliphatic rings. The molecule has 3 aromatic rings. The Bertz CT molecular complexity index is 883. The topological polar surface area (TPSA) is 58.2 Å². The van der Waals surface area contributed by atoms with E-state index in [0.717, 1.165) is 53.8 Å². The Morgan fingerprint density at radius 1 is 1.08 bits per heavy atom. The summed E-state index contributed by atoms with van der Waals surface area (Å²) in [5, 5.41) is 8.32. The van der Waals surface area contributed by atoms with E-state index in [4.69, 9.17) is 4.74 Å². The van der Waals surface area contributed by atoms with Crippen molar-refractivity contribution in [3.8, 4) is 5.75 Å². The Morgan fingerprint density at radius 2 is 1.88 bits per heavy atom. The predicted octanol–water partition coefficient (Wildman–Crippen LogP) is 3.70. The van der Waals surface area contributed by atoms with Crippen LogP contribution in [0.1, 0.15) is 30.5 Å². The molecule has 1 aromatic heterocycles. The third-order valence-electron chi connectivity index (χ3n) is 4.89. The number of piperidine rings is 1. The molecule has 0 radical (unpaired) electrons. The smallest absolute Gasteiger partial charge is 0.228 e. The Labute approximate surface area is 153 Å². The molecule has 1 saturated heterocycles. The molecule has 1 fully saturated rings. The molecule has 5 nitrogen and oxygen atoms in total. The van der Waals surface area contributed by atoms with Crippen LogP contribution in [0, 0.1) is 0 Å². The molecule has 134 valence electrons. The van der Waals surface area contributed by atoms with Crippen LogP contribution in [0.3, 0.4) is 0 Å². The summed E-state index contributed by atoms with van der Waals surface area (Å²) >= 11 is 0. The first-order chi connectivity index (χ1) is 12.8. The quantitative estimate of drug-likeness (QED) is 0.764. The largest absolute Gasteiger partial charge is 0.489 e. The monoisotopic (exact) mass is 349 g/mol. The fraction of sp³-hybridized carbons (Fsp3) is 0.333. The SMILES string of the molecule is O=C(Cc1[nH]nc2ccc(OCc3ccccc3)cc12)N1CCCCC1. The second kappa shape index (κ2) is 7.60. The summed E-state index contributed by atoms with van der Waals surface area (Å²) < 4.78 is 5.91. The second-order valence-electron chi connectivity index (χ2n) is 6.77. The van der Waals surface area contributed by atoms with Crippen LogP contribution in [-0.2, 0) is 17.8 Å². The lowest BCUT2D eigenvalue weighted by molar-refractivity contribution is -0.131. The minimum Gasteiger partial charge on any atom is -0.489 e. The molecular formula is C21H23N3O2. The number of aromatic amines is 1. The number of nitrogens with zero attached hydrogens (tertiary/aromatic N) is 2. The standard InChI is InChI=1S/C21H23N3O2/c25-21(24-11-5-2-6-12-24)14-20-18-13-17(9-10-19(18)22-23-20)26-15-16-7-3-1-4-8-16/h1,3-4,7-10,13H,2,5-6,11-12,14-15H2,(H,22,23). The van der Waals surface area contributed by atoms with Gasteiger partial charge >= 0.3 is 0 Å². The van der Waals surface area contributed by atoms with Crippen molar-refractivity contribution < 1.29 is 9.53 Å². The average molecular weight is 349 g/mol. The van der Waals surface area contributed by atoms with Crippen molar-refractivity contribution in [2.45, 2.75) is 32.3 Å². The third-order valence-corrected chi connectivity index (χ3v) is 4.89. The van der Waals surface area contributed by atoms with Gasteiger partial charge in [0.2, 0.25) is 5.91 Å². The van der Waals surface area contributed by atoms with E-state index in [1.54, 1.807) is 0 Å². The van der Waals surface area contributed by atoms with Gasteiger partial charge in [-0.25, -0.2) is 0 Å². The van der Waals surface area contributed by atoms with E-state index in [9.17, 15) is 4.79 Å². The Balaban J connectivity index is 1.48. The molecule has 0 saturated carbocycles. The number of hydrogen-bond donors (Lipinski definition) is 1. The molecule has 0 unspecified atom stereocenters. The maximum atomic E-state index is 12.6. The number of aromatic nitrogens is 2. The van der Waals surface area contributed by atoms with Crippen molar-refractivity contribution in [1.82, 2.24) is 15.1 Å². The van der Waals surface area contributed by atoms with Crippen LogP contribution in [-0.4, -0.2) is 34.1 Å². The number of H-pyrrole nitrogens is 1. The van der Waals surface area contributed by atoms with E-state index in [1.165, 1.54) is 6.42 Å². The second-order valence-corrected chi connectivity index (χ2v) is 6.77. The minimum absolute atomic E-state index is 0.172. The van der Waals surface area contributed by atoms with Gasteiger partial charge in [-0.3, -0.25) is 9.89 Å². The first-order valence-corrected chi connectivity index (χ1v) is 9.21. The van der Waals surface area contributed by atoms with Gasteiger partial charge in [0.05, 0.1) is 17.6 Å². The summed E-state index contributed by atoms with van der Waals surface area (Å²) in [4.78, 5) is 14.5. The number of benzene rings is 2. The molecule has 5 heteroatoms. The van der Waals surface area contributed by atoms with E-state index >= 15 is 0 Å². The van der Waals surface area contributed by atoms with Crippen LogP contribution in [0.2, 0.25) is 0 Å². The van der Waals surface area contributed by atoms with Crippen molar-refractivity contribution >= 4 is 16.8 Å². The van der Waals surface area contributed by atoms with E-state index in [2.05, 4.69) is 10.2 Å². The lowest BCUT2D eigenvalue weighted by Gasteiger charge is -2.26. The Hall–Kier alpha value is -2.82. The van der Waals surface area contributed by atoms with Crippen molar-refractivity contribution in [2.24, 2.45) is 0 Å². The Morgan fingerprint density at radius 3 is 2.69 bits per heavy atom. The highest BCUT2D eigenvalue weighted by atomic mass is 16.5. The zero-order valence-electron chi connectivity index (χ0n) is 14.8. The first kappa shape index (κ1) is 16.6. The van der Waals surface area contributed by atoms with E-state index < -0.39 is 0 Å². The third kappa shape index (κ3) is 3.72. The zero-order valence-corrected chi connectivity index (χ0v) is 14.8. The van der Waals surface area contributed by atoms with Gasteiger partial charge in [-0.15, -0.1) is 0 Å². The minimum atomic E-state index is 0.172. The van der Waals surface area contributed by atoms with Gasteiger partial charge in [-0.2, -0.15) is 5.10 Å². The Kier molecular flexibility index (Phi) is 4.86. The normalized spacial score (nSPS) is 14.5. The predicted molar refractivity (Wildman–Crippen MR) is 101 cm³/mol. The summed E-state index contributed by atoms with van der Waals surface area (Å²) in [6.45, 7) is 2.26. The number of fused-ring (bicyclic) bond motifs is 1. The number of hydrogen-bond acceptors (Lipinski definition) is 3. The summed E-state index contributed by atoms with van der Waals surface area (Å²) in [5.74, 6) is 0.959. The first-order valence-electron chi connectivity index (χ1n) is 9.21. The van der Waals surface area contributed by atoms with Crippen LogP contribution in [0.5, 0.6) is 5.75 Å². The highest BCUT2D eigenvalue weighted by Gasteiger charge is 2.19. The van der Waals surface area contributed by atoms with Gasteiger partial charge < -0.3 is 9.64 Å². The average Bonchev–Trinajstić information content (AvgIpc) is 3.10. The number of amides is 1. The van der Waals surface area contributed by atoms with Crippen molar-refractivity contribution in [2.75, 3.05) is 13.1 Å². The van der Waals surface area contributed by atoms with E-state index in [1.807, 2.05) is 53.4 Å². The van der Waals surface area contributed by atoms with Gasteiger partial charge in [0.25, 0.3) is 0 Å². The summed E-state index contributed by atoms with van der Waals surface area (Å²) in [7, 11) is 0. The van der Waals surface area contributed by atoms with Crippen LogP contribution < -0.4 is 4.74 Å². The van der Waals surface area contributed by atoms with Crippen LogP contribution >= 0.6 is 0 Å². The molecular weight excluding hydrogens is 326 g/mol. The number of likely N-dealkylation sites (tertiary alicyclic amines) is 1. The number of ether oxygens (including phenoxy) is 1. The molecule has 0 spiro atoms. The molecule has 4 rings (SSSR count). The van der Waals surface area contributed by atoms with E-state index in [-0.39, 0.29) is 5.91 Å². The molecule has 0 aliphatic carbocycles. The van der Waals surface area contributed by atoms with E-state index in [0.29, 0.717) is 13.0 Å². The summed E-state index contributed by atoms with van der Waals surface area (Å²) in [6, 6.07) is 15.9. The summed E-state index contributed by atoms with van der Waals surface area (Å²) in [5.41, 5.74) is 2.85.